The molecule has 1 saturated heterocycles. The number of nitrogens with one attached hydrogen (secondary N) is 1. The van der Waals surface area contributed by atoms with E-state index >= 15 is 0 Å². The van der Waals surface area contributed by atoms with Crippen molar-refractivity contribution in [2.75, 3.05) is 31.1 Å². The highest BCUT2D eigenvalue weighted by atomic mass is 32.2. The van der Waals surface area contributed by atoms with Crippen LogP contribution in [-0.2, 0) is 11.3 Å². The minimum atomic E-state index is -0.318. The molecule has 0 bridgehead atoms. The van der Waals surface area contributed by atoms with E-state index in [9.17, 15) is 14.0 Å². The molecule has 0 saturated carbocycles. The molecule has 1 N–H and O–H groups in total. The molecule has 38 heavy (non-hydrogen) atoms. The van der Waals surface area contributed by atoms with E-state index in [1.807, 2.05) is 54.6 Å². The van der Waals surface area contributed by atoms with Crippen molar-refractivity contribution in [1.29, 1.82) is 0 Å². The normalized spacial score (nSPS) is 16.9. The van der Waals surface area contributed by atoms with Crippen molar-refractivity contribution in [3.05, 3.63) is 100 Å². The van der Waals surface area contributed by atoms with Gasteiger partial charge in [0, 0.05) is 22.6 Å². The molecule has 0 aliphatic carbocycles. The zero-order valence-corrected chi connectivity index (χ0v) is 22.2. The second kappa shape index (κ2) is 12.4. The second-order valence-electron chi connectivity index (χ2n) is 9.71. The van der Waals surface area contributed by atoms with Crippen LogP contribution in [-0.4, -0.2) is 42.9 Å². The summed E-state index contributed by atoms with van der Waals surface area (Å²) in [5, 5.41) is 3.02. The van der Waals surface area contributed by atoms with Crippen molar-refractivity contribution in [1.82, 2.24) is 10.2 Å². The summed E-state index contributed by atoms with van der Waals surface area (Å²) in [6.07, 6.45) is 5.72. The minimum absolute atomic E-state index is 0.0673. The number of anilines is 1. The largest absolute Gasteiger partial charge is 0.352 e. The van der Waals surface area contributed by atoms with Crippen molar-refractivity contribution in [3.63, 3.8) is 0 Å². The van der Waals surface area contributed by atoms with Crippen LogP contribution in [0.5, 0.6) is 0 Å². The fraction of sp³-hybridized carbons (Fsp3) is 0.290. The van der Waals surface area contributed by atoms with Gasteiger partial charge in [-0.3, -0.25) is 9.59 Å². The number of amides is 2. The molecule has 2 amide bonds. The Morgan fingerprint density at radius 3 is 2.50 bits per heavy atom. The molecule has 3 aromatic carbocycles. The van der Waals surface area contributed by atoms with Crippen LogP contribution in [0.15, 0.2) is 82.6 Å². The van der Waals surface area contributed by atoms with Crippen LogP contribution in [0.25, 0.3) is 6.08 Å². The topological polar surface area (TPSA) is 52.7 Å². The van der Waals surface area contributed by atoms with E-state index in [0.29, 0.717) is 17.7 Å². The number of thioether (sulfide) groups is 1. The fourth-order valence-corrected chi connectivity index (χ4v) is 6.01. The van der Waals surface area contributed by atoms with Gasteiger partial charge in [0.25, 0.3) is 5.91 Å². The van der Waals surface area contributed by atoms with Crippen molar-refractivity contribution >= 4 is 35.3 Å². The smallest absolute Gasteiger partial charge is 0.251 e. The summed E-state index contributed by atoms with van der Waals surface area (Å²) >= 11 is 1.55. The van der Waals surface area contributed by atoms with Gasteiger partial charge in [-0.1, -0.05) is 54.2 Å². The lowest BCUT2D eigenvalue weighted by Crippen LogP contribution is -2.30. The summed E-state index contributed by atoms with van der Waals surface area (Å²) in [6, 6.07) is 21.8. The van der Waals surface area contributed by atoms with E-state index in [2.05, 4.69) is 10.2 Å². The number of halogens is 1. The summed E-state index contributed by atoms with van der Waals surface area (Å²) in [4.78, 5) is 31.9. The third-order valence-electron chi connectivity index (χ3n) is 6.95. The van der Waals surface area contributed by atoms with Gasteiger partial charge in [0.15, 0.2) is 0 Å². The lowest BCUT2D eigenvalue weighted by molar-refractivity contribution is -0.118. The molecule has 3 aromatic rings. The number of fused-ring (bicyclic) bond motifs is 1. The first-order valence-corrected chi connectivity index (χ1v) is 14.0. The van der Waals surface area contributed by atoms with E-state index in [-0.39, 0.29) is 30.6 Å². The lowest BCUT2D eigenvalue weighted by Gasteiger charge is -2.22. The van der Waals surface area contributed by atoms with Crippen LogP contribution in [0.3, 0.4) is 0 Å². The standard InChI is InChI=1S/C31H32FN3O2S/c32-27-9-2-1-8-25(27)22-35-28-10-3-4-11-29(28)38-26(21-30(35)36)20-23-12-14-24(15-13-23)31(37)33-16-7-19-34-17-5-6-18-34/h1-4,8-15,20H,5-7,16-19,21-22H2,(H,33,37)/b26-20+. The van der Waals surface area contributed by atoms with Gasteiger partial charge in [-0.15, -0.1) is 0 Å². The summed E-state index contributed by atoms with van der Waals surface area (Å²) in [7, 11) is 0. The molecule has 0 unspecified atom stereocenters. The maximum absolute atomic E-state index is 14.4. The Bertz CT molecular complexity index is 1320. The quantitative estimate of drug-likeness (QED) is 0.358. The number of benzene rings is 3. The Labute approximate surface area is 227 Å². The van der Waals surface area contributed by atoms with Gasteiger partial charge in [-0.25, -0.2) is 4.39 Å². The molecular formula is C31H32FN3O2S. The van der Waals surface area contributed by atoms with Crippen molar-refractivity contribution in [2.24, 2.45) is 0 Å². The van der Waals surface area contributed by atoms with Crippen molar-refractivity contribution in [3.8, 4) is 0 Å². The Morgan fingerprint density at radius 2 is 1.71 bits per heavy atom. The predicted molar refractivity (Wildman–Crippen MR) is 152 cm³/mol. The molecular weight excluding hydrogens is 497 g/mol. The zero-order chi connectivity index (χ0) is 26.3. The van der Waals surface area contributed by atoms with E-state index in [1.165, 1.54) is 32.0 Å². The van der Waals surface area contributed by atoms with E-state index < -0.39 is 0 Å². The van der Waals surface area contributed by atoms with Crippen LogP contribution >= 0.6 is 11.8 Å². The SMILES string of the molecule is O=C(NCCCN1CCCC1)c1ccc(/C=C2\CC(=O)N(Cc3ccccc3F)c3ccccc3S2)cc1. The number of rotatable bonds is 8. The number of hydrogen-bond acceptors (Lipinski definition) is 4. The highest BCUT2D eigenvalue weighted by Gasteiger charge is 2.26. The minimum Gasteiger partial charge on any atom is -0.352 e. The van der Waals surface area contributed by atoms with E-state index in [0.717, 1.165) is 34.0 Å². The highest BCUT2D eigenvalue weighted by molar-refractivity contribution is 8.03. The maximum atomic E-state index is 14.4. The maximum Gasteiger partial charge on any atom is 0.251 e. The Morgan fingerprint density at radius 1 is 0.974 bits per heavy atom. The first kappa shape index (κ1) is 26.2. The molecule has 5 rings (SSSR count). The van der Waals surface area contributed by atoms with Gasteiger partial charge in [0.2, 0.25) is 5.91 Å². The summed E-state index contributed by atoms with van der Waals surface area (Å²) in [6.45, 7) is 4.22. The summed E-state index contributed by atoms with van der Waals surface area (Å²) in [5.74, 6) is -0.467. The molecule has 0 aromatic heterocycles. The number of nitrogens with zero attached hydrogens (tertiary/aromatic N) is 2. The van der Waals surface area contributed by atoms with Gasteiger partial charge in [-0.2, -0.15) is 0 Å². The highest BCUT2D eigenvalue weighted by Crippen LogP contribution is 2.41. The molecule has 2 heterocycles. The molecule has 5 nitrogen and oxygen atoms in total. The average Bonchev–Trinajstić information content (AvgIpc) is 3.41. The molecule has 196 valence electrons. The number of likely N-dealkylation sites (tertiary alicyclic amines) is 1. The van der Waals surface area contributed by atoms with Gasteiger partial charge in [0.05, 0.1) is 18.7 Å². The molecule has 0 radical (unpaired) electrons. The van der Waals surface area contributed by atoms with Crippen LogP contribution < -0.4 is 10.2 Å². The van der Waals surface area contributed by atoms with E-state index in [4.69, 9.17) is 0 Å². The van der Waals surface area contributed by atoms with Gasteiger partial charge >= 0.3 is 0 Å². The number of para-hydroxylation sites is 1. The van der Waals surface area contributed by atoms with Crippen molar-refractivity contribution < 1.29 is 14.0 Å². The Kier molecular flexibility index (Phi) is 8.56. The van der Waals surface area contributed by atoms with Crippen LogP contribution in [0.2, 0.25) is 0 Å². The van der Waals surface area contributed by atoms with Crippen LogP contribution in [0, 0.1) is 5.82 Å². The molecule has 0 spiro atoms. The molecule has 2 aliphatic rings. The average molecular weight is 530 g/mol. The Hall–Kier alpha value is -3.42. The van der Waals surface area contributed by atoms with Crippen LogP contribution in [0.1, 0.15) is 47.2 Å². The third kappa shape index (κ3) is 6.52. The number of hydrogen-bond donors (Lipinski definition) is 1. The third-order valence-corrected chi connectivity index (χ3v) is 8.04. The first-order chi connectivity index (χ1) is 18.6. The van der Waals surface area contributed by atoms with Gasteiger partial charge in [0.1, 0.15) is 5.82 Å². The van der Waals surface area contributed by atoms with Crippen molar-refractivity contribution in [2.45, 2.75) is 37.1 Å². The molecule has 7 heteroatoms. The van der Waals surface area contributed by atoms with Gasteiger partial charge < -0.3 is 15.1 Å². The fourth-order valence-electron chi connectivity index (χ4n) is 4.90. The molecule has 1 fully saturated rings. The Balaban J connectivity index is 1.25. The molecule has 0 atom stereocenters. The van der Waals surface area contributed by atoms with Crippen LogP contribution in [0.4, 0.5) is 10.1 Å². The monoisotopic (exact) mass is 529 g/mol. The summed E-state index contributed by atoms with van der Waals surface area (Å²) < 4.78 is 14.4. The van der Waals surface area contributed by atoms with E-state index in [1.54, 1.807) is 34.9 Å². The lowest BCUT2D eigenvalue weighted by atomic mass is 10.1. The van der Waals surface area contributed by atoms with Gasteiger partial charge in [-0.05, 0) is 85.8 Å². The molecule has 2 aliphatic heterocycles. The number of carbonyl (C=O) groups excluding carboxylic acids is 2. The first-order valence-electron chi connectivity index (χ1n) is 13.2. The summed E-state index contributed by atoms with van der Waals surface area (Å²) in [5.41, 5.74) is 2.81. The predicted octanol–water partition coefficient (Wildman–Crippen LogP) is 6.11. The zero-order valence-electron chi connectivity index (χ0n) is 21.4. The second-order valence-corrected chi connectivity index (χ2v) is 10.9. The number of carbonyl (C=O) groups is 2.